The van der Waals surface area contributed by atoms with Crippen molar-refractivity contribution in [3.63, 3.8) is 0 Å². The van der Waals surface area contributed by atoms with E-state index in [0.29, 0.717) is 5.56 Å². The highest BCUT2D eigenvalue weighted by atomic mass is 79.9. The number of likely N-dealkylation sites (N-methyl/N-ethyl adjacent to an activating group) is 1. The van der Waals surface area contributed by atoms with E-state index < -0.39 is 6.10 Å². The predicted octanol–water partition coefficient (Wildman–Crippen LogP) is 3.34. The molecule has 0 heterocycles. The number of nitrogens with zero attached hydrogens (tertiary/aromatic N) is 1. The largest absolute Gasteiger partial charge is 0.389 e. The fourth-order valence-electron chi connectivity index (χ4n) is 2.60. The number of aliphatic hydroxyl groups is 1. The summed E-state index contributed by atoms with van der Waals surface area (Å²) in [7, 11) is 1.74. The zero-order chi connectivity index (χ0) is 19.8. The average molecular weight is 439 g/mol. The summed E-state index contributed by atoms with van der Waals surface area (Å²) in [4.78, 5) is 13.9. The van der Waals surface area contributed by atoms with Crippen LogP contribution >= 0.6 is 15.9 Å². The summed E-state index contributed by atoms with van der Waals surface area (Å²) in [6, 6.07) is 12.0. The minimum atomic E-state index is -0.774. The van der Waals surface area contributed by atoms with Gasteiger partial charge in [0, 0.05) is 22.3 Å². The normalized spacial score (nSPS) is 12.2. The van der Waals surface area contributed by atoms with Crippen LogP contribution in [0.5, 0.6) is 0 Å². The number of benzene rings is 2. The minimum absolute atomic E-state index is 0.0616. The number of carbonyl (C=O) groups is 1. The van der Waals surface area contributed by atoms with Crippen molar-refractivity contribution < 1.29 is 19.0 Å². The second-order valence-electron chi connectivity index (χ2n) is 6.46. The third-order valence-corrected chi connectivity index (χ3v) is 4.42. The van der Waals surface area contributed by atoms with Gasteiger partial charge in [-0.3, -0.25) is 9.69 Å². The van der Waals surface area contributed by atoms with Gasteiger partial charge in [0.15, 0.2) is 0 Å². The summed E-state index contributed by atoms with van der Waals surface area (Å²) in [6.07, 6.45) is -0.774. The highest BCUT2D eigenvalue weighted by molar-refractivity contribution is 9.10. The lowest BCUT2D eigenvalue weighted by Crippen LogP contribution is -2.37. The van der Waals surface area contributed by atoms with Crippen LogP contribution in [0.1, 0.15) is 11.1 Å². The number of aliphatic hydroxyl groups excluding tert-OH is 1. The number of carbonyl (C=O) groups excluding carboxylic acids is 1. The van der Waals surface area contributed by atoms with E-state index in [4.69, 9.17) is 4.74 Å². The van der Waals surface area contributed by atoms with Gasteiger partial charge in [-0.05, 0) is 43.8 Å². The Bertz CT molecular complexity index is 773. The highest BCUT2D eigenvalue weighted by Gasteiger charge is 2.13. The minimum Gasteiger partial charge on any atom is -0.389 e. The molecule has 0 fully saturated rings. The standard InChI is InChI=1S/C20H24BrFN2O3/c1-14-9-16(21)7-8-19(14)23-20(26)11-24(2)10-17(25)13-27-12-15-5-3-4-6-18(15)22/h3-9,17,25H,10-13H2,1-2H3,(H,23,26). The van der Waals surface area contributed by atoms with E-state index in [1.807, 2.05) is 25.1 Å². The van der Waals surface area contributed by atoms with Crippen molar-refractivity contribution in [3.8, 4) is 0 Å². The Balaban J connectivity index is 1.71. The van der Waals surface area contributed by atoms with Gasteiger partial charge < -0.3 is 15.2 Å². The highest BCUT2D eigenvalue weighted by Crippen LogP contribution is 2.19. The van der Waals surface area contributed by atoms with Gasteiger partial charge in [0.25, 0.3) is 0 Å². The Morgan fingerprint density at radius 2 is 2.07 bits per heavy atom. The fourth-order valence-corrected chi connectivity index (χ4v) is 3.08. The first-order chi connectivity index (χ1) is 12.8. The Labute approximate surface area is 167 Å². The van der Waals surface area contributed by atoms with Crippen LogP contribution in [0, 0.1) is 12.7 Å². The van der Waals surface area contributed by atoms with E-state index in [2.05, 4.69) is 21.2 Å². The molecule has 0 saturated heterocycles. The molecule has 0 aliphatic carbocycles. The average Bonchev–Trinajstić information content (AvgIpc) is 2.59. The Hall–Kier alpha value is -1.80. The molecule has 1 amide bonds. The van der Waals surface area contributed by atoms with Gasteiger partial charge in [0.2, 0.25) is 5.91 Å². The Morgan fingerprint density at radius 3 is 2.78 bits per heavy atom. The van der Waals surface area contributed by atoms with Crippen LogP contribution in [0.15, 0.2) is 46.9 Å². The topological polar surface area (TPSA) is 61.8 Å². The number of aryl methyl sites for hydroxylation is 1. The van der Waals surface area contributed by atoms with Crippen molar-refractivity contribution in [3.05, 3.63) is 63.9 Å². The third kappa shape index (κ3) is 7.38. The molecule has 2 rings (SSSR count). The third-order valence-electron chi connectivity index (χ3n) is 3.92. The number of amides is 1. The van der Waals surface area contributed by atoms with Crippen molar-refractivity contribution in [2.45, 2.75) is 19.6 Å². The first kappa shape index (κ1) is 21.5. The van der Waals surface area contributed by atoms with E-state index in [-0.39, 0.29) is 38.0 Å². The molecule has 1 atom stereocenters. The number of hydrogen-bond donors (Lipinski definition) is 2. The van der Waals surface area contributed by atoms with Crippen molar-refractivity contribution in [2.75, 3.05) is 32.1 Å². The van der Waals surface area contributed by atoms with E-state index in [0.717, 1.165) is 15.7 Å². The lowest BCUT2D eigenvalue weighted by molar-refractivity contribution is -0.117. The van der Waals surface area contributed by atoms with Crippen LogP contribution < -0.4 is 5.32 Å². The molecule has 1 unspecified atom stereocenters. The van der Waals surface area contributed by atoms with E-state index in [1.165, 1.54) is 6.07 Å². The molecule has 0 aliphatic rings. The molecule has 2 N–H and O–H groups in total. The van der Waals surface area contributed by atoms with Crippen molar-refractivity contribution in [2.24, 2.45) is 0 Å². The van der Waals surface area contributed by atoms with Crippen molar-refractivity contribution in [1.82, 2.24) is 4.90 Å². The van der Waals surface area contributed by atoms with Gasteiger partial charge in [-0.15, -0.1) is 0 Å². The summed E-state index contributed by atoms with van der Waals surface area (Å²) < 4.78 is 19.8. The lowest BCUT2D eigenvalue weighted by Gasteiger charge is -2.20. The maximum Gasteiger partial charge on any atom is 0.238 e. The molecule has 0 radical (unpaired) electrons. The molecule has 7 heteroatoms. The first-order valence-corrected chi connectivity index (χ1v) is 9.38. The van der Waals surface area contributed by atoms with Crippen LogP contribution in [0.3, 0.4) is 0 Å². The zero-order valence-electron chi connectivity index (χ0n) is 15.4. The predicted molar refractivity (Wildman–Crippen MR) is 107 cm³/mol. The number of nitrogens with one attached hydrogen (secondary N) is 1. The van der Waals surface area contributed by atoms with Crippen LogP contribution in [0.25, 0.3) is 0 Å². The number of anilines is 1. The molecular weight excluding hydrogens is 415 g/mol. The molecule has 146 valence electrons. The molecule has 2 aromatic carbocycles. The molecule has 0 aromatic heterocycles. The second-order valence-corrected chi connectivity index (χ2v) is 7.38. The van der Waals surface area contributed by atoms with Crippen LogP contribution in [0.4, 0.5) is 10.1 Å². The molecule has 27 heavy (non-hydrogen) atoms. The fraction of sp³-hybridized carbons (Fsp3) is 0.350. The number of hydrogen-bond acceptors (Lipinski definition) is 4. The molecule has 0 spiro atoms. The Morgan fingerprint density at radius 1 is 1.33 bits per heavy atom. The lowest BCUT2D eigenvalue weighted by atomic mass is 10.2. The Kier molecular flexibility index (Phi) is 8.37. The van der Waals surface area contributed by atoms with Gasteiger partial charge in [0.1, 0.15) is 5.82 Å². The summed E-state index contributed by atoms with van der Waals surface area (Å²) in [5, 5.41) is 12.9. The van der Waals surface area contributed by atoms with Gasteiger partial charge in [-0.25, -0.2) is 4.39 Å². The molecule has 2 aromatic rings. The number of rotatable bonds is 9. The van der Waals surface area contributed by atoms with Gasteiger partial charge in [-0.2, -0.15) is 0 Å². The molecule has 0 saturated carbocycles. The SMILES string of the molecule is Cc1cc(Br)ccc1NC(=O)CN(C)CC(O)COCc1ccccc1F. The van der Waals surface area contributed by atoms with Crippen LogP contribution in [-0.4, -0.2) is 48.8 Å². The second kappa shape index (κ2) is 10.5. The summed E-state index contributed by atoms with van der Waals surface area (Å²) >= 11 is 3.39. The summed E-state index contributed by atoms with van der Waals surface area (Å²) in [5.74, 6) is -0.494. The smallest absolute Gasteiger partial charge is 0.238 e. The van der Waals surface area contributed by atoms with Crippen molar-refractivity contribution in [1.29, 1.82) is 0 Å². The van der Waals surface area contributed by atoms with E-state index >= 15 is 0 Å². The van der Waals surface area contributed by atoms with E-state index in [9.17, 15) is 14.3 Å². The molecule has 5 nitrogen and oxygen atoms in total. The maximum absolute atomic E-state index is 13.5. The number of halogens is 2. The monoisotopic (exact) mass is 438 g/mol. The van der Waals surface area contributed by atoms with Crippen molar-refractivity contribution >= 4 is 27.5 Å². The van der Waals surface area contributed by atoms with Gasteiger partial charge in [0.05, 0.1) is 25.9 Å². The van der Waals surface area contributed by atoms with Crippen LogP contribution in [0.2, 0.25) is 0 Å². The quantitative estimate of drug-likeness (QED) is 0.629. The molecule has 0 bridgehead atoms. The first-order valence-electron chi connectivity index (χ1n) is 8.59. The van der Waals surface area contributed by atoms with Gasteiger partial charge in [-0.1, -0.05) is 34.1 Å². The summed E-state index contributed by atoms with van der Waals surface area (Å²) in [5.41, 5.74) is 2.16. The van der Waals surface area contributed by atoms with Crippen LogP contribution in [-0.2, 0) is 16.1 Å². The number of ether oxygens (including phenoxy) is 1. The zero-order valence-corrected chi connectivity index (χ0v) is 17.0. The van der Waals surface area contributed by atoms with E-state index in [1.54, 1.807) is 30.1 Å². The summed E-state index contributed by atoms with van der Waals surface area (Å²) in [6.45, 7) is 2.48. The van der Waals surface area contributed by atoms with Gasteiger partial charge >= 0.3 is 0 Å². The molecule has 0 aliphatic heterocycles. The molecular formula is C20H24BrFN2O3. The maximum atomic E-state index is 13.5.